The summed E-state index contributed by atoms with van der Waals surface area (Å²) in [5, 5.41) is 13.5. The molecule has 1 aliphatic rings. The quantitative estimate of drug-likeness (QED) is 0.826. The fraction of sp³-hybridized carbons (Fsp3) is 0.368. The van der Waals surface area contributed by atoms with Crippen molar-refractivity contribution in [3.8, 4) is 5.75 Å². The van der Waals surface area contributed by atoms with Crippen LogP contribution in [-0.2, 0) is 6.42 Å². The van der Waals surface area contributed by atoms with Gasteiger partial charge in [0.2, 0.25) is 0 Å². The molecule has 21 heavy (non-hydrogen) atoms. The first-order valence-electron chi connectivity index (χ1n) is 7.86. The van der Waals surface area contributed by atoms with E-state index in [-0.39, 0.29) is 0 Å². The highest BCUT2D eigenvalue weighted by Gasteiger charge is 2.24. The van der Waals surface area contributed by atoms with E-state index in [4.69, 9.17) is 0 Å². The van der Waals surface area contributed by atoms with Crippen LogP contribution in [0.25, 0.3) is 0 Å². The highest BCUT2D eigenvalue weighted by atomic mass is 16.3. The van der Waals surface area contributed by atoms with Crippen LogP contribution in [0.15, 0.2) is 42.5 Å². The van der Waals surface area contributed by atoms with Crippen molar-refractivity contribution in [2.24, 2.45) is 0 Å². The van der Waals surface area contributed by atoms with E-state index in [2.05, 4.69) is 49.5 Å². The molecule has 0 amide bonds. The summed E-state index contributed by atoms with van der Waals surface area (Å²) in [7, 11) is 0. The van der Waals surface area contributed by atoms with Crippen LogP contribution in [0.3, 0.4) is 0 Å². The van der Waals surface area contributed by atoms with E-state index in [1.54, 1.807) is 6.07 Å². The third kappa shape index (κ3) is 2.76. The second kappa shape index (κ2) is 5.80. The number of aromatic hydroxyl groups is 1. The maximum atomic E-state index is 9.91. The maximum Gasteiger partial charge on any atom is 0.119 e. The lowest BCUT2D eigenvalue weighted by Gasteiger charge is -2.17. The number of anilines is 1. The number of benzene rings is 2. The number of fused-ring (bicyclic) bond motifs is 1. The molecule has 3 rings (SSSR count). The maximum absolute atomic E-state index is 9.91. The topological polar surface area (TPSA) is 32.3 Å². The van der Waals surface area contributed by atoms with E-state index < -0.39 is 0 Å². The molecule has 0 saturated heterocycles. The Labute approximate surface area is 126 Å². The van der Waals surface area contributed by atoms with Crippen molar-refractivity contribution in [1.29, 1.82) is 0 Å². The summed E-state index contributed by atoms with van der Waals surface area (Å²) in [6, 6.07) is 14.9. The summed E-state index contributed by atoms with van der Waals surface area (Å²) in [5.74, 6) is 1.05. The Morgan fingerprint density at radius 2 is 1.95 bits per heavy atom. The van der Waals surface area contributed by atoms with Crippen LogP contribution in [0.4, 0.5) is 5.69 Å². The molecular weight excluding hydrogens is 258 g/mol. The molecule has 0 radical (unpaired) electrons. The molecule has 2 N–H and O–H groups in total. The van der Waals surface area contributed by atoms with Crippen molar-refractivity contribution < 1.29 is 5.11 Å². The zero-order valence-electron chi connectivity index (χ0n) is 12.8. The number of phenols is 1. The van der Waals surface area contributed by atoms with Crippen LogP contribution < -0.4 is 5.32 Å². The van der Waals surface area contributed by atoms with Crippen LogP contribution in [-0.4, -0.2) is 5.11 Å². The molecule has 0 aromatic heterocycles. The van der Waals surface area contributed by atoms with Crippen LogP contribution in [0.5, 0.6) is 5.75 Å². The zero-order valence-corrected chi connectivity index (χ0v) is 12.8. The SMILES string of the molecule is CCC(C)c1ccc(NC2CCc3c(O)cccc32)cc1. The molecule has 110 valence electrons. The third-order valence-corrected chi connectivity index (χ3v) is 4.68. The molecule has 2 heteroatoms. The molecule has 0 bridgehead atoms. The predicted molar refractivity (Wildman–Crippen MR) is 87.9 cm³/mol. The normalized spacial score (nSPS) is 18.3. The molecule has 2 aromatic rings. The van der Waals surface area contributed by atoms with Gasteiger partial charge in [-0.15, -0.1) is 0 Å². The Morgan fingerprint density at radius 3 is 2.67 bits per heavy atom. The predicted octanol–water partition coefficient (Wildman–Crippen LogP) is 5.01. The van der Waals surface area contributed by atoms with Gasteiger partial charge in [0.05, 0.1) is 6.04 Å². The van der Waals surface area contributed by atoms with Crippen molar-refractivity contribution in [2.75, 3.05) is 5.32 Å². The van der Waals surface area contributed by atoms with E-state index >= 15 is 0 Å². The molecule has 0 heterocycles. The summed E-state index contributed by atoms with van der Waals surface area (Å²) < 4.78 is 0. The van der Waals surface area contributed by atoms with Crippen LogP contribution in [0, 0.1) is 0 Å². The summed E-state index contributed by atoms with van der Waals surface area (Å²) in [6.45, 7) is 4.48. The van der Waals surface area contributed by atoms with Crippen molar-refractivity contribution >= 4 is 5.69 Å². The highest BCUT2D eigenvalue weighted by Crippen LogP contribution is 2.38. The van der Waals surface area contributed by atoms with Crippen molar-refractivity contribution in [1.82, 2.24) is 0 Å². The molecule has 0 spiro atoms. The van der Waals surface area contributed by atoms with Gasteiger partial charge in [0.1, 0.15) is 5.75 Å². The van der Waals surface area contributed by atoms with Gasteiger partial charge in [-0.1, -0.05) is 38.1 Å². The fourth-order valence-electron chi connectivity index (χ4n) is 3.13. The molecule has 2 atom stereocenters. The van der Waals surface area contributed by atoms with Crippen molar-refractivity contribution in [3.63, 3.8) is 0 Å². The molecule has 2 unspecified atom stereocenters. The zero-order chi connectivity index (χ0) is 14.8. The average Bonchev–Trinajstić information content (AvgIpc) is 2.92. The van der Waals surface area contributed by atoms with Gasteiger partial charge >= 0.3 is 0 Å². The van der Waals surface area contributed by atoms with Gasteiger partial charge in [-0.05, 0) is 60.1 Å². The second-order valence-electron chi connectivity index (χ2n) is 6.01. The van der Waals surface area contributed by atoms with Gasteiger partial charge in [0.25, 0.3) is 0 Å². The van der Waals surface area contributed by atoms with Gasteiger partial charge in [-0.3, -0.25) is 0 Å². The molecule has 1 aliphatic carbocycles. The van der Waals surface area contributed by atoms with Crippen LogP contribution >= 0.6 is 0 Å². The van der Waals surface area contributed by atoms with Crippen LogP contribution in [0.1, 0.15) is 55.3 Å². The Kier molecular flexibility index (Phi) is 3.87. The Balaban J connectivity index is 1.76. The first-order valence-corrected chi connectivity index (χ1v) is 7.86. The number of nitrogens with one attached hydrogen (secondary N) is 1. The minimum absolute atomic E-state index is 0.307. The fourth-order valence-corrected chi connectivity index (χ4v) is 3.13. The number of phenolic OH excluding ortho intramolecular Hbond substituents is 1. The number of rotatable bonds is 4. The third-order valence-electron chi connectivity index (χ3n) is 4.68. The standard InChI is InChI=1S/C19H23NO/c1-3-13(2)14-7-9-15(10-8-14)20-18-12-11-17-16(18)5-4-6-19(17)21/h4-10,13,18,20-21H,3,11-12H2,1-2H3. The minimum Gasteiger partial charge on any atom is -0.508 e. The summed E-state index contributed by atoms with van der Waals surface area (Å²) in [6.07, 6.45) is 3.16. The van der Waals surface area contributed by atoms with Crippen LogP contribution in [0.2, 0.25) is 0 Å². The van der Waals surface area contributed by atoms with E-state index in [0.29, 0.717) is 17.7 Å². The molecule has 2 nitrogen and oxygen atoms in total. The van der Waals surface area contributed by atoms with Gasteiger partial charge in [0, 0.05) is 5.69 Å². The van der Waals surface area contributed by atoms with E-state index in [0.717, 1.165) is 24.1 Å². The Hall–Kier alpha value is -1.96. The van der Waals surface area contributed by atoms with E-state index in [1.165, 1.54) is 17.5 Å². The average molecular weight is 281 g/mol. The second-order valence-corrected chi connectivity index (χ2v) is 6.01. The monoisotopic (exact) mass is 281 g/mol. The number of hydrogen-bond acceptors (Lipinski definition) is 2. The first kappa shape index (κ1) is 14.0. The molecule has 0 aliphatic heterocycles. The van der Waals surface area contributed by atoms with Gasteiger partial charge in [-0.25, -0.2) is 0 Å². The largest absolute Gasteiger partial charge is 0.508 e. The van der Waals surface area contributed by atoms with E-state index in [1.807, 2.05) is 6.07 Å². The summed E-state index contributed by atoms with van der Waals surface area (Å²) in [4.78, 5) is 0. The van der Waals surface area contributed by atoms with Crippen molar-refractivity contribution in [2.45, 2.75) is 45.1 Å². The van der Waals surface area contributed by atoms with Gasteiger partial charge < -0.3 is 10.4 Å². The lowest BCUT2D eigenvalue weighted by Crippen LogP contribution is -2.07. The molecule has 0 fully saturated rings. The Bertz CT molecular complexity index is 618. The molecule has 0 saturated carbocycles. The molecular formula is C19H23NO. The van der Waals surface area contributed by atoms with Gasteiger partial charge in [0.15, 0.2) is 0 Å². The minimum atomic E-state index is 0.307. The van der Waals surface area contributed by atoms with Crippen molar-refractivity contribution in [3.05, 3.63) is 59.2 Å². The van der Waals surface area contributed by atoms with E-state index in [9.17, 15) is 5.11 Å². The summed E-state index contributed by atoms with van der Waals surface area (Å²) in [5.41, 5.74) is 4.89. The lowest BCUT2D eigenvalue weighted by molar-refractivity contribution is 0.469. The van der Waals surface area contributed by atoms with Gasteiger partial charge in [-0.2, -0.15) is 0 Å². The lowest BCUT2D eigenvalue weighted by atomic mass is 9.98. The first-order chi connectivity index (χ1) is 10.2. The number of hydrogen-bond donors (Lipinski definition) is 2. The molecule has 2 aromatic carbocycles. The Morgan fingerprint density at radius 1 is 1.19 bits per heavy atom. The highest BCUT2D eigenvalue weighted by molar-refractivity contribution is 5.52. The smallest absolute Gasteiger partial charge is 0.119 e. The summed E-state index contributed by atoms with van der Waals surface area (Å²) >= 11 is 0.